The lowest BCUT2D eigenvalue weighted by Crippen LogP contribution is -2.34. The van der Waals surface area contributed by atoms with Crippen LogP contribution in [-0.4, -0.2) is 31.7 Å². The van der Waals surface area contributed by atoms with Crippen LogP contribution in [0.5, 0.6) is 11.5 Å². The second kappa shape index (κ2) is 8.99. The van der Waals surface area contributed by atoms with Crippen molar-refractivity contribution in [3.05, 3.63) is 65.7 Å². The lowest BCUT2D eigenvalue weighted by molar-refractivity contribution is 0.214. The average molecular weight is 361 g/mol. The number of nitrogens with zero attached hydrogens (tertiary/aromatic N) is 1. The summed E-state index contributed by atoms with van der Waals surface area (Å²) in [4.78, 5) is 14.2. The Bertz CT molecular complexity index is 749. The summed E-state index contributed by atoms with van der Waals surface area (Å²) in [5, 5.41) is 3.39. The van der Waals surface area contributed by atoms with Crippen LogP contribution in [0.2, 0.25) is 5.02 Å². The third kappa shape index (κ3) is 5.16. The van der Waals surface area contributed by atoms with Crippen molar-refractivity contribution in [3.63, 3.8) is 0 Å². The largest absolute Gasteiger partial charge is 0.497 e. The summed E-state index contributed by atoms with van der Waals surface area (Å²) in [5.41, 5.74) is 1.47. The summed E-state index contributed by atoms with van der Waals surface area (Å²) < 4.78 is 10.6. The summed E-state index contributed by atoms with van der Waals surface area (Å²) >= 11 is 5.96. The minimum Gasteiger partial charge on any atom is -0.497 e. The number of carbonyl (C=O) groups excluding carboxylic acids is 1. The van der Waals surface area contributed by atoms with E-state index in [-0.39, 0.29) is 6.03 Å². The minimum atomic E-state index is -0.257. The Morgan fingerprint density at radius 1 is 1.24 bits per heavy atom. The number of nitrogens with one attached hydrogen (secondary N) is 1. The Morgan fingerprint density at radius 2 is 2.04 bits per heavy atom. The first-order valence-electron chi connectivity index (χ1n) is 7.70. The van der Waals surface area contributed by atoms with Crippen LogP contribution in [0.3, 0.4) is 0 Å². The van der Waals surface area contributed by atoms with Gasteiger partial charge in [0.1, 0.15) is 11.5 Å². The van der Waals surface area contributed by atoms with Gasteiger partial charge < -0.3 is 19.7 Å². The van der Waals surface area contributed by atoms with Crippen LogP contribution in [-0.2, 0) is 6.54 Å². The molecule has 2 amide bonds. The number of anilines is 1. The number of methoxy groups -OCH3 is 2. The van der Waals surface area contributed by atoms with Crippen molar-refractivity contribution in [1.29, 1.82) is 0 Å². The van der Waals surface area contributed by atoms with Crippen molar-refractivity contribution < 1.29 is 14.3 Å². The van der Waals surface area contributed by atoms with Crippen molar-refractivity contribution in [2.75, 3.05) is 26.1 Å². The molecule has 0 aliphatic carbocycles. The Balaban J connectivity index is 2.20. The number of carbonyl (C=O) groups is 1. The highest BCUT2D eigenvalue weighted by Gasteiger charge is 2.16. The van der Waals surface area contributed by atoms with Crippen LogP contribution in [0.1, 0.15) is 5.56 Å². The zero-order chi connectivity index (χ0) is 18.2. The van der Waals surface area contributed by atoms with Gasteiger partial charge in [0.2, 0.25) is 0 Å². The Kier molecular flexibility index (Phi) is 6.71. The lowest BCUT2D eigenvalue weighted by atomic mass is 10.1. The third-order valence-corrected chi connectivity index (χ3v) is 3.80. The van der Waals surface area contributed by atoms with Gasteiger partial charge >= 0.3 is 6.03 Å². The number of benzene rings is 2. The first-order valence-corrected chi connectivity index (χ1v) is 8.08. The van der Waals surface area contributed by atoms with Gasteiger partial charge in [-0.05, 0) is 36.4 Å². The smallest absolute Gasteiger partial charge is 0.322 e. The number of halogens is 1. The molecule has 2 aromatic rings. The van der Waals surface area contributed by atoms with Gasteiger partial charge in [-0.2, -0.15) is 0 Å². The summed E-state index contributed by atoms with van der Waals surface area (Å²) in [6.07, 6.45) is 1.67. The van der Waals surface area contributed by atoms with E-state index >= 15 is 0 Å². The molecule has 25 heavy (non-hydrogen) atoms. The van der Waals surface area contributed by atoms with E-state index in [1.165, 1.54) is 0 Å². The minimum absolute atomic E-state index is 0.257. The molecule has 0 aliphatic heterocycles. The Labute approximate surface area is 152 Å². The van der Waals surface area contributed by atoms with Gasteiger partial charge in [-0.1, -0.05) is 23.7 Å². The van der Waals surface area contributed by atoms with Gasteiger partial charge in [-0.25, -0.2) is 4.79 Å². The number of hydrogen-bond donors (Lipinski definition) is 1. The van der Waals surface area contributed by atoms with Gasteiger partial charge in [0, 0.05) is 22.8 Å². The molecule has 132 valence electrons. The average Bonchev–Trinajstić information content (AvgIpc) is 2.61. The van der Waals surface area contributed by atoms with Gasteiger partial charge in [-0.3, -0.25) is 0 Å². The number of ether oxygens (including phenoxy) is 2. The van der Waals surface area contributed by atoms with Crippen LogP contribution in [0.4, 0.5) is 10.5 Å². The molecule has 0 saturated heterocycles. The van der Waals surface area contributed by atoms with Gasteiger partial charge in [0.15, 0.2) is 0 Å². The monoisotopic (exact) mass is 360 g/mol. The van der Waals surface area contributed by atoms with Crippen molar-refractivity contribution in [1.82, 2.24) is 4.90 Å². The zero-order valence-corrected chi connectivity index (χ0v) is 15.0. The second-order valence-electron chi connectivity index (χ2n) is 5.29. The summed E-state index contributed by atoms with van der Waals surface area (Å²) in [6, 6.07) is 12.2. The second-order valence-corrected chi connectivity index (χ2v) is 5.72. The summed E-state index contributed by atoms with van der Waals surface area (Å²) in [5.74, 6) is 1.38. The molecule has 0 fully saturated rings. The first-order chi connectivity index (χ1) is 12.1. The molecular formula is C19H21ClN2O3. The normalized spacial score (nSPS) is 10.0. The molecule has 0 aliphatic rings. The maximum absolute atomic E-state index is 12.6. The van der Waals surface area contributed by atoms with Crippen LogP contribution in [0.15, 0.2) is 55.1 Å². The predicted octanol–water partition coefficient (Wildman–Crippen LogP) is 4.58. The SMILES string of the molecule is C=CCN(Cc1cc(OC)ccc1OC)C(=O)Nc1cccc(Cl)c1. The van der Waals surface area contributed by atoms with E-state index in [1.54, 1.807) is 49.5 Å². The van der Waals surface area contributed by atoms with E-state index in [1.807, 2.05) is 18.2 Å². The standard InChI is InChI=1S/C19H21ClN2O3/c1-4-10-22(19(23)21-16-7-5-6-15(20)12-16)13-14-11-17(24-2)8-9-18(14)25-3/h4-9,11-12H,1,10,13H2,2-3H3,(H,21,23). The van der Waals surface area contributed by atoms with Crippen LogP contribution >= 0.6 is 11.6 Å². The molecular weight excluding hydrogens is 340 g/mol. The molecule has 6 heteroatoms. The summed E-state index contributed by atoms with van der Waals surface area (Å²) in [7, 11) is 3.19. The molecule has 0 aromatic heterocycles. The van der Waals surface area contributed by atoms with Gasteiger partial charge in [0.25, 0.3) is 0 Å². The molecule has 2 aromatic carbocycles. The van der Waals surface area contributed by atoms with Crippen LogP contribution in [0.25, 0.3) is 0 Å². The lowest BCUT2D eigenvalue weighted by Gasteiger charge is -2.23. The quantitative estimate of drug-likeness (QED) is 0.735. The Hall–Kier alpha value is -2.66. The van der Waals surface area contributed by atoms with E-state index in [2.05, 4.69) is 11.9 Å². The Morgan fingerprint density at radius 3 is 2.68 bits per heavy atom. The molecule has 1 N–H and O–H groups in total. The van der Waals surface area contributed by atoms with E-state index in [9.17, 15) is 4.79 Å². The molecule has 0 spiro atoms. The third-order valence-electron chi connectivity index (χ3n) is 3.56. The van der Waals surface area contributed by atoms with E-state index in [0.717, 1.165) is 5.56 Å². The van der Waals surface area contributed by atoms with Crippen LogP contribution in [0, 0.1) is 0 Å². The topological polar surface area (TPSA) is 50.8 Å². The zero-order valence-electron chi connectivity index (χ0n) is 14.3. The predicted molar refractivity (Wildman–Crippen MR) is 101 cm³/mol. The number of amides is 2. The maximum atomic E-state index is 12.6. The first kappa shape index (κ1) is 18.7. The fraction of sp³-hybridized carbons (Fsp3) is 0.211. The molecule has 5 nitrogen and oxygen atoms in total. The molecule has 0 radical (unpaired) electrons. The van der Waals surface area contributed by atoms with Crippen molar-refractivity contribution in [2.45, 2.75) is 6.54 Å². The summed E-state index contributed by atoms with van der Waals surface area (Å²) in [6.45, 7) is 4.45. The van der Waals surface area contributed by atoms with E-state index in [4.69, 9.17) is 21.1 Å². The molecule has 2 rings (SSSR count). The highest BCUT2D eigenvalue weighted by molar-refractivity contribution is 6.30. The molecule has 0 unspecified atom stereocenters. The molecule has 0 heterocycles. The number of rotatable bonds is 7. The maximum Gasteiger partial charge on any atom is 0.322 e. The van der Waals surface area contributed by atoms with Crippen LogP contribution < -0.4 is 14.8 Å². The molecule has 0 saturated carbocycles. The number of urea groups is 1. The number of hydrogen-bond acceptors (Lipinski definition) is 3. The fourth-order valence-electron chi connectivity index (χ4n) is 2.35. The molecule has 0 bridgehead atoms. The van der Waals surface area contributed by atoms with Crippen molar-refractivity contribution in [3.8, 4) is 11.5 Å². The van der Waals surface area contributed by atoms with Crippen molar-refractivity contribution in [2.24, 2.45) is 0 Å². The van der Waals surface area contributed by atoms with Gasteiger partial charge in [0.05, 0.1) is 20.8 Å². The van der Waals surface area contributed by atoms with E-state index in [0.29, 0.717) is 35.3 Å². The highest BCUT2D eigenvalue weighted by atomic mass is 35.5. The molecule has 0 atom stereocenters. The van der Waals surface area contributed by atoms with E-state index < -0.39 is 0 Å². The van der Waals surface area contributed by atoms with Gasteiger partial charge in [-0.15, -0.1) is 6.58 Å². The van der Waals surface area contributed by atoms with Crippen molar-refractivity contribution >= 4 is 23.3 Å². The highest BCUT2D eigenvalue weighted by Crippen LogP contribution is 2.25. The fourth-order valence-corrected chi connectivity index (χ4v) is 2.55.